The van der Waals surface area contributed by atoms with Crippen LogP contribution >= 0.6 is 31.6 Å². The van der Waals surface area contributed by atoms with Crippen LogP contribution in [0.1, 0.15) is 44.5 Å². The minimum absolute atomic E-state index is 0.0233. The summed E-state index contributed by atoms with van der Waals surface area (Å²) in [7, 11) is -3.45. The molecule has 0 spiro atoms. The van der Waals surface area contributed by atoms with Gasteiger partial charge in [0.05, 0.1) is 32.6 Å². The van der Waals surface area contributed by atoms with E-state index in [0.717, 1.165) is 11.8 Å². The third-order valence-corrected chi connectivity index (χ3v) is 7.90. The van der Waals surface area contributed by atoms with Gasteiger partial charge in [-0.15, -0.1) is 0 Å². The van der Waals surface area contributed by atoms with Crippen LogP contribution < -0.4 is 0 Å². The van der Waals surface area contributed by atoms with Crippen LogP contribution in [-0.4, -0.2) is 54.0 Å². The highest BCUT2D eigenvalue weighted by atomic mass is 32.2. The molecule has 0 aliphatic carbocycles. The fourth-order valence-corrected chi connectivity index (χ4v) is 6.69. The van der Waals surface area contributed by atoms with Crippen molar-refractivity contribution in [3.63, 3.8) is 0 Å². The predicted molar refractivity (Wildman–Crippen MR) is 127 cm³/mol. The normalized spacial score (nSPS) is 13.3. The van der Waals surface area contributed by atoms with Gasteiger partial charge in [0.25, 0.3) is 0 Å². The number of ketones is 1. The number of carbonyl (C=O) groups excluding carboxylic acids is 2. The number of esters is 1. The van der Waals surface area contributed by atoms with Gasteiger partial charge >= 0.3 is 13.6 Å². The first kappa shape index (κ1) is 27.8. The van der Waals surface area contributed by atoms with Crippen LogP contribution in [0.3, 0.4) is 0 Å². The Labute approximate surface area is 194 Å². The molecule has 0 saturated carbocycles. The molecule has 7 nitrogen and oxygen atoms in total. The second-order valence-electron chi connectivity index (χ2n) is 6.32. The average Bonchev–Trinajstić information content (AvgIpc) is 2.72. The minimum atomic E-state index is -3.45. The standard InChI is InChI=1S/C21H31O7PS2/c1-5-25-20(23)18(19(22)16-12-10-9-11-13-16)14-17(31-21(30)26-6-2)15-29(24,27-7-3)28-8-4/h9-13,17-18H,5-8,14-15H2,1-4H3. The lowest BCUT2D eigenvalue weighted by Crippen LogP contribution is -2.31. The largest absolute Gasteiger partial charge is 0.479 e. The smallest absolute Gasteiger partial charge is 0.331 e. The summed E-state index contributed by atoms with van der Waals surface area (Å²) in [6.45, 7) is 7.84. The zero-order valence-electron chi connectivity index (χ0n) is 18.4. The number of benzene rings is 1. The van der Waals surface area contributed by atoms with Gasteiger partial charge < -0.3 is 18.5 Å². The first-order chi connectivity index (χ1) is 14.8. The summed E-state index contributed by atoms with van der Waals surface area (Å²) in [5, 5.41) is -0.523. The van der Waals surface area contributed by atoms with Gasteiger partial charge in [0.2, 0.25) is 4.38 Å². The van der Waals surface area contributed by atoms with E-state index in [0.29, 0.717) is 12.2 Å². The third kappa shape index (κ3) is 9.83. The van der Waals surface area contributed by atoms with Crippen LogP contribution in [0.2, 0.25) is 0 Å². The van der Waals surface area contributed by atoms with Crippen molar-refractivity contribution in [1.82, 2.24) is 0 Å². The quantitative estimate of drug-likeness (QED) is 0.116. The van der Waals surface area contributed by atoms with E-state index in [1.807, 2.05) is 0 Å². The summed E-state index contributed by atoms with van der Waals surface area (Å²) in [5.74, 6) is -2.08. The molecule has 0 aliphatic heterocycles. The van der Waals surface area contributed by atoms with Crippen LogP contribution in [0.5, 0.6) is 0 Å². The van der Waals surface area contributed by atoms with Crippen molar-refractivity contribution in [1.29, 1.82) is 0 Å². The Hall–Kier alpha value is -1.25. The Morgan fingerprint density at radius 2 is 1.55 bits per heavy atom. The van der Waals surface area contributed by atoms with E-state index in [2.05, 4.69) is 0 Å². The van der Waals surface area contributed by atoms with Crippen molar-refractivity contribution >= 4 is 47.7 Å². The molecule has 0 fully saturated rings. The SMILES string of the molecule is CCOC(=O)C(CC(CP(=O)(OCC)OCC)SC(=S)OCC)C(=O)c1ccccc1. The van der Waals surface area contributed by atoms with E-state index in [1.165, 1.54) is 0 Å². The molecule has 0 amide bonds. The van der Waals surface area contributed by atoms with Crippen LogP contribution in [0.25, 0.3) is 0 Å². The Kier molecular flexibility index (Phi) is 13.2. The molecular formula is C21H31O7PS2. The second-order valence-corrected chi connectivity index (χ2v) is 10.3. The van der Waals surface area contributed by atoms with Gasteiger partial charge in [-0.3, -0.25) is 14.2 Å². The first-order valence-electron chi connectivity index (χ1n) is 10.3. The van der Waals surface area contributed by atoms with Gasteiger partial charge in [-0.2, -0.15) is 0 Å². The maximum Gasteiger partial charge on any atom is 0.331 e. The van der Waals surface area contributed by atoms with Gasteiger partial charge in [-0.05, 0) is 46.3 Å². The molecule has 1 aromatic rings. The van der Waals surface area contributed by atoms with Gasteiger partial charge in [0, 0.05) is 10.8 Å². The van der Waals surface area contributed by atoms with Crippen molar-refractivity contribution in [3.8, 4) is 0 Å². The van der Waals surface area contributed by atoms with E-state index >= 15 is 0 Å². The molecule has 31 heavy (non-hydrogen) atoms. The van der Waals surface area contributed by atoms with Crippen LogP contribution in [0, 0.1) is 5.92 Å². The number of thioether (sulfide) groups is 1. The topological polar surface area (TPSA) is 88.1 Å². The number of thiocarbonyl (C=S) groups is 1. The third-order valence-electron chi connectivity index (χ3n) is 4.05. The molecule has 0 radical (unpaired) electrons. The zero-order valence-corrected chi connectivity index (χ0v) is 20.9. The Bertz CT molecular complexity index is 747. The molecule has 174 valence electrons. The summed E-state index contributed by atoms with van der Waals surface area (Å²) in [5.41, 5.74) is 0.398. The summed E-state index contributed by atoms with van der Waals surface area (Å²) in [4.78, 5) is 25.8. The first-order valence-corrected chi connectivity index (χ1v) is 13.3. The number of ether oxygens (including phenoxy) is 2. The highest BCUT2D eigenvalue weighted by Crippen LogP contribution is 2.51. The fraction of sp³-hybridized carbons (Fsp3) is 0.571. The fourth-order valence-electron chi connectivity index (χ4n) is 2.85. The molecule has 0 N–H and O–H groups in total. The lowest BCUT2D eigenvalue weighted by molar-refractivity contribution is -0.146. The van der Waals surface area contributed by atoms with Gasteiger partial charge in [0.1, 0.15) is 5.92 Å². The van der Waals surface area contributed by atoms with Crippen molar-refractivity contribution in [3.05, 3.63) is 35.9 Å². The molecule has 1 rings (SSSR count). The van der Waals surface area contributed by atoms with Gasteiger partial charge in [0.15, 0.2) is 5.78 Å². The Balaban J connectivity index is 3.21. The lowest BCUT2D eigenvalue weighted by atomic mass is 9.93. The van der Waals surface area contributed by atoms with E-state index in [4.69, 9.17) is 30.7 Å². The molecule has 0 heterocycles. The molecule has 0 aliphatic rings. The van der Waals surface area contributed by atoms with Crippen LogP contribution in [0.15, 0.2) is 30.3 Å². The van der Waals surface area contributed by atoms with Crippen molar-refractivity contribution < 1.29 is 32.7 Å². The number of carbonyl (C=O) groups is 2. The highest BCUT2D eigenvalue weighted by molar-refractivity contribution is 8.23. The second kappa shape index (κ2) is 14.7. The predicted octanol–water partition coefficient (Wildman–Crippen LogP) is 5.13. The summed E-state index contributed by atoms with van der Waals surface area (Å²) >= 11 is 6.39. The van der Waals surface area contributed by atoms with E-state index in [1.54, 1.807) is 58.0 Å². The van der Waals surface area contributed by atoms with E-state index in [9.17, 15) is 14.2 Å². The van der Waals surface area contributed by atoms with Gasteiger partial charge in [-0.1, -0.05) is 42.1 Å². The molecule has 0 bridgehead atoms. The molecular weight excluding hydrogens is 459 g/mol. The highest BCUT2D eigenvalue weighted by Gasteiger charge is 2.37. The number of rotatable bonds is 14. The molecule has 10 heteroatoms. The van der Waals surface area contributed by atoms with Crippen LogP contribution in [0.4, 0.5) is 0 Å². The minimum Gasteiger partial charge on any atom is -0.479 e. The van der Waals surface area contributed by atoms with Gasteiger partial charge in [-0.25, -0.2) is 0 Å². The zero-order chi connectivity index (χ0) is 23.3. The molecule has 0 saturated heterocycles. The maximum absolute atomic E-state index is 13.1. The van der Waals surface area contributed by atoms with Crippen LogP contribution in [-0.2, 0) is 27.9 Å². The number of hydrogen-bond acceptors (Lipinski definition) is 9. The molecule has 1 aromatic carbocycles. The maximum atomic E-state index is 13.1. The summed E-state index contributed by atoms with van der Waals surface area (Å²) in [6, 6.07) is 8.53. The molecule has 0 aromatic heterocycles. The van der Waals surface area contributed by atoms with E-state index in [-0.39, 0.29) is 42.6 Å². The Morgan fingerprint density at radius 1 is 0.968 bits per heavy atom. The van der Waals surface area contributed by atoms with Crippen molar-refractivity contribution in [2.45, 2.75) is 39.4 Å². The lowest BCUT2D eigenvalue weighted by Gasteiger charge is -2.25. The number of hydrogen-bond donors (Lipinski definition) is 0. The molecule has 2 atom stereocenters. The summed E-state index contributed by atoms with van der Waals surface area (Å²) < 4.78 is 34.7. The molecule has 2 unspecified atom stereocenters. The average molecular weight is 491 g/mol. The Morgan fingerprint density at radius 3 is 2.06 bits per heavy atom. The van der Waals surface area contributed by atoms with Crippen molar-refractivity contribution in [2.24, 2.45) is 5.92 Å². The van der Waals surface area contributed by atoms with Crippen molar-refractivity contribution in [2.75, 3.05) is 32.6 Å². The van der Waals surface area contributed by atoms with E-state index < -0.39 is 24.7 Å². The number of Topliss-reactive ketones (excluding diaryl/α,β-unsaturated/α-hetero) is 1. The monoisotopic (exact) mass is 490 g/mol. The summed E-state index contributed by atoms with van der Waals surface area (Å²) in [6.07, 6.45) is 0.0269.